The Hall–Kier alpha value is -0.410. The van der Waals surface area contributed by atoms with Gasteiger partial charge in [0.25, 0.3) is 0 Å². The van der Waals surface area contributed by atoms with Crippen LogP contribution in [0.4, 0.5) is 0 Å². The van der Waals surface area contributed by atoms with E-state index in [1.165, 1.54) is 32.0 Å². The summed E-state index contributed by atoms with van der Waals surface area (Å²) in [6.45, 7) is 8.13. The summed E-state index contributed by atoms with van der Waals surface area (Å²) in [6, 6.07) is 0. The van der Waals surface area contributed by atoms with Gasteiger partial charge < -0.3 is 9.53 Å². The van der Waals surface area contributed by atoms with E-state index in [-0.39, 0.29) is 5.41 Å². The van der Waals surface area contributed by atoms with Gasteiger partial charge in [0.2, 0.25) is 0 Å². The summed E-state index contributed by atoms with van der Waals surface area (Å²) in [5.74, 6) is 0.631. The molecule has 19 heavy (non-hydrogen) atoms. The maximum atomic E-state index is 11.7. The lowest BCUT2D eigenvalue weighted by Gasteiger charge is -2.34. The lowest BCUT2D eigenvalue weighted by Crippen LogP contribution is -2.42. The van der Waals surface area contributed by atoms with Gasteiger partial charge in [0, 0.05) is 32.2 Å². The van der Waals surface area contributed by atoms with Crippen molar-refractivity contribution in [3.05, 3.63) is 0 Å². The van der Waals surface area contributed by atoms with Crippen molar-refractivity contribution in [2.45, 2.75) is 52.4 Å². The van der Waals surface area contributed by atoms with E-state index in [1.807, 2.05) is 0 Å². The van der Waals surface area contributed by atoms with Crippen molar-refractivity contribution < 1.29 is 9.53 Å². The standard InChI is InChI=1S/C16H31NO2/c1-15(2)12-17(10-11-19-3)13-16(14-18)8-6-4-5-7-9-16/h14-15H,4-13H2,1-3H3. The van der Waals surface area contributed by atoms with E-state index in [0.29, 0.717) is 5.92 Å². The van der Waals surface area contributed by atoms with Crippen molar-refractivity contribution in [2.75, 3.05) is 33.4 Å². The normalized spacial score (nSPS) is 19.6. The van der Waals surface area contributed by atoms with E-state index >= 15 is 0 Å². The number of ether oxygens (including phenoxy) is 1. The van der Waals surface area contributed by atoms with Crippen LogP contribution in [0.1, 0.15) is 52.4 Å². The summed E-state index contributed by atoms with van der Waals surface area (Å²) >= 11 is 0. The monoisotopic (exact) mass is 269 g/mol. The maximum Gasteiger partial charge on any atom is 0.127 e. The van der Waals surface area contributed by atoms with Crippen LogP contribution >= 0.6 is 0 Å². The molecule has 0 spiro atoms. The first-order valence-corrected chi connectivity index (χ1v) is 7.79. The fraction of sp³-hybridized carbons (Fsp3) is 0.938. The minimum atomic E-state index is -0.0981. The number of carbonyl (C=O) groups excluding carboxylic acids is 1. The second-order valence-corrected chi connectivity index (χ2v) is 6.52. The summed E-state index contributed by atoms with van der Waals surface area (Å²) in [5, 5.41) is 0. The van der Waals surface area contributed by atoms with Crippen molar-refractivity contribution in [1.82, 2.24) is 4.90 Å². The number of aldehydes is 1. The van der Waals surface area contributed by atoms with Crippen LogP contribution in [0.25, 0.3) is 0 Å². The summed E-state index contributed by atoms with van der Waals surface area (Å²) in [5.41, 5.74) is -0.0981. The van der Waals surface area contributed by atoms with Crippen LogP contribution in [-0.2, 0) is 9.53 Å². The zero-order valence-electron chi connectivity index (χ0n) is 13.0. The SMILES string of the molecule is COCCN(CC(C)C)CC1(C=O)CCCCCC1. The fourth-order valence-electron chi connectivity index (χ4n) is 3.16. The Kier molecular flexibility index (Phi) is 7.62. The molecule has 0 aromatic carbocycles. The fourth-order valence-corrected chi connectivity index (χ4v) is 3.16. The van der Waals surface area contributed by atoms with Crippen molar-refractivity contribution >= 4 is 6.29 Å². The first kappa shape index (κ1) is 16.6. The number of nitrogens with zero attached hydrogens (tertiary/aromatic N) is 1. The topological polar surface area (TPSA) is 29.5 Å². The van der Waals surface area contributed by atoms with Crippen molar-refractivity contribution in [1.29, 1.82) is 0 Å². The highest BCUT2D eigenvalue weighted by Crippen LogP contribution is 2.34. The third-order valence-corrected chi connectivity index (χ3v) is 4.12. The summed E-state index contributed by atoms with van der Waals surface area (Å²) in [4.78, 5) is 14.1. The molecule has 0 atom stereocenters. The Morgan fingerprint density at radius 1 is 1.21 bits per heavy atom. The van der Waals surface area contributed by atoms with E-state index in [2.05, 4.69) is 18.7 Å². The molecule has 0 bridgehead atoms. The first-order chi connectivity index (χ1) is 9.12. The number of methoxy groups -OCH3 is 1. The molecule has 0 aromatic heterocycles. The molecule has 0 saturated heterocycles. The zero-order chi connectivity index (χ0) is 14.1. The second-order valence-electron chi connectivity index (χ2n) is 6.52. The molecule has 0 amide bonds. The molecule has 3 nitrogen and oxygen atoms in total. The van der Waals surface area contributed by atoms with Crippen LogP contribution in [0, 0.1) is 11.3 Å². The first-order valence-electron chi connectivity index (χ1n) is 7.79. The third-order valence-electron chi connectivity index (χ3n) is 4.12. The van der Waals surface area contributed by atoms with Crippen LogP contribution < -0.4 is 0 Å². The number of hydrogen-bond donors (Lipinski definition) is 0. The maximum absolute atomic E-state index is 11.7. The quantitative estimate of drug-likeness (QED) is 0.501. The molecule has 0 heterocycles. The van der Waals surface area contributed by atoms with E-state index in [0.717, 1.165) is 39.1 Å². The highest BCUT2D eigenvalue weighted by atomic mass is 16.5. The lowest BCUT2D eigenvalue weighted by atomic mass is 9.81. The molecule has 1 aliphatic rings. The van der Waals surface area contributed by atoms with Gasteiger partial charge in [-0.25, -0.2) is 0 Å². The molecule has 1 fully saturated rings. The Morgan fingerprint density at radius 2 is 1.84 bits per heavy atom. The smallest absolute Gasteiger partial charge is 0.127 e. The molecular formula is C16H31NO2. The molecule has 0 aromatic rings. The van der Waals surface area contributed by atoms with E-state index in [4.69, 9.17) is 4.74 Å². The van der Waals surface area contributed by atoms with Crippen molar-refractivity contribution in [3.8, 4) is 0 Å². The molecule has 0 unspecified atom stereocenters. The lowest BCUT2D eigenvalue weighted by molar-refractivity contribution is -0.118. The van der Waals surface area contributed by atoms with E-state index < -0.39 is 0 Å². The Balaban J connectivity index is 2.63. The average molecular weight is 269 g/mol. The van der Waals surface area contributed by atoms with Gasteiger partial charge in [0.05, 0.1) is 6.61 Å². The predicted molar refractivity (Wildman–Crippen MR) is 79.4 cm³/mol. The van der Waals surface area contributed by atoms with Gasteiger partial charge in [-0.3, -0.25) is 4.90 Å². The van der Waals surface area contributed by atoms with Gasteiger partial charge in [-0.05, 0) is 18.8 Å². The van der Waals surface area contributed by atoms with E-state index in [1.54, 1.807) is 7.11 Å². The minimum absolute atomic E-state index is 0.0981. The number of carbonyl (C=O) groups is 1. The van der Waals surface area contributed by atoms with Crippen molar-refractivity contribution in [3.63, 3.8) is 0 Å². The largest absolute Gasteiger partial charge is 0.383 e. The van der Waals surface area contributed by atoms with Crippen LogP contribution in [0.3, 0.4) is 0 Å². The van der Waals surface area contributed by atoms with Crippen LogP contribution in [0.5, 0.6) is 0 Å². The molecular weight excluding hydrogens is 238 g/mol. The van der Waals surface area contributed by atoms with E-state index in [9.17, 15) is 4.79 Å². The third kappa shape index (κ3) is 6.05. The predicted octanol–water partition coefficient (Wildman–Crippen LogP) is 3.13. The molecule has 1 rings (SSSR count). The molecule has 1 aliphatic carbocycles. The molecule has 0 aliphatic heterocycles. The molecule has 0 N–H and O–H groups in total. The molecule has 1 saturated carbocycles. The van der Waals surface area contributed by atoms with Crippen LogP contribution in [-0.4, -0.2) is 44.5 Å². The number of rotatable bonds is 8. The Labute approximate surface area is 118 Å². The van der Waals surface area contributed by atoms with Crippen LogP contribution in [0.15, 0.2) is 0 Å². The molecule has 3 heteroatoms. The summed E-state index contributed by atoms with van der Waals surface area (Å²) < 4.78 is 5.20. The minimum Gasteiger partial charge on any atom is -0.383 e. The Bertz CT molecular complexity index is 245. The highest BCUT2D eigenvalue weighted by molar-refractivity contribution is 5.59. The highest BCUT2D eigenvalue weighted by Gasteiger charge is 2.32. The van der Waals surface area contributed by atoms with Gasteiger partial charge in [0.15, 0.2) is 0 Å². The molecule has 112 valence electrons. The summed E-state index contributed by atoms with van der Waals surface area (Å²) in [6.07, 6.45) is 8.38. The van der Waals surface area contributed by atoms with Crippen molar-refractivity contribution in [2.24, 2.45) is 11.3 Å². The van der Waals surface area contributed by atoms with Gasteiger partial charge >= 0.3 is 0 Å². The zero-order valence-corrected chi connectivity index (χ0v) is 13.0. The Morgan fingerprint density at radius 3 is 2.32 bits per heavy atom. The van der Waals surface area contributed by atoms with Crippen LogP contribution in [0.2, 0.25) is 0 Å². The van der Waals surface area contributed by atoms with Gasteiger partial charge in [0.1, 0.15) is 6.29 Å². The van der Waals surface area contributed by atoms with Gasteiger partial charge in [-0.1, -0.05) is 39.5 Å². The molecule has 0 radical (unpaired) electrons. The van der Waals surface area contributed by atoms with Gasteiger partial charge in [-0.15, -0.1) is 0 Å². The van der Waals surface area contributed by atoms with Gasteiger partial charge in [-0.2, -0.15) is 0 Å². The number of hydrogen-bond acceptors (Lipinski definition) is 3. The average Bonchev–Trinajstić information content (AvgIpc) is 2.61. The second kappa shape index (κ2) is 8.70. The summed E-state index contributed by atoms with van der Waals surface area (Å²) in [7, 11) is 1.74.